The Morgan fingerprint density at radius 1 is 1.36 bits per heavy atom. The molecule has 2 aromatic rings. The standard InChI is InChI=1S/C16H23N5O/c1-3-14-18-19-15-8-7-12(11-21(14)15)16(22)17-10-13-6-5-9-20(13)4-2/h7-8,11,13H,3-6,9-10H2,1-2H3,(H,17,22)/t13-/m1/s1. The lowest BCUT2D eigenvalue weighted by atomic mass is 10.2. The van der Waals surface area contributed by atoms with Crippen LogP contribution in [0.25, 0.3) is 5.65 Å². The number of fused-ring (bicyclic) bond motifs is 1. The Morgan fingerprint density at radius 2 is 2.23 bits per heavy atom. The molecule has 1 atom stereocenters. The van der Waals surface area contributed by atoms with Gasteiger partial charge in [-0.25, -0.2) is 0 Å². The number of nitrogens with zero attached hydrogens (tertiary/aromatic N) is 4. The predicted octanol–water partition coefficient (Wildman–Crippen LogP) is 1.51. The van der Waals surface area contributed by atoms with E-state index in [1.54, 1.807) is 0 Å². The molecule has 3 rings (SSSR count). The van der Waals surface area contributed by atoms with Crippen molar-refractivity contribution in [3.63, 3.8) is 0 Å². The predicted molar refractivity (Wildman–Crippen MR) is 85.0 cm³/mol. The fourth-order valence-corrected chi connectivity index (χ4v) is 3.17. The van der Waals surface area contributed by atoms with Gasteiger partial charge in [-0.1, -0.05) is 13.8 Å². The molecule has 1 aliphatic rings. The van der Waals surface area contributed by atoms with Gasteiger partial charge in [0.15, 0.2) is 5.65 Å². The van der Waals surface area contributed by atoms with Crippen molar-refractivity contribution in [3.05, 3.63) is 29.7 Å². The number of nitrogens with one attached hydrogen (secondary N) is 1. The maximum absolute atomic E-state index is 12.4. The summed E-state index contributed by atoms with van der Waals surface area (Å²) in [4.78, 5) is 14.8. The minimum Gasteiger partial charge on any atom is -0.350 e. The van der Waals surface area contributed by atoms with Gasteiger partial charge >= 0.3 is 0 Å². The van der Waals surface area contributed by atoms with Gasteiger partial charge < -0.3 is 5.32 Å². The van der Waals surface area contributed by atoms with E-state index in [1.165, 1.54) is 12.8 Å². The molecule has 1 fully saturated rings. The summed E-state index contributed by atoms with van der Waals surface area (Å²) in [6, 6.07) is 4.12. The fraction of sp³-hybridized carbons (Fsp3) is 0.562. The number of likely N-dealkylation sites (N-methyl/N-ethyl adjacent to an activating group) is 1. The van der Waals surface area contributed by atoms with Gasteiger partial charge in [0.1, 0.15) is 5.82 Å². The highest BCUT2D eigenvalue weighted by Crippen LogP contribution is 2.16. The average Bonchev–Trinajstić information content (AvgIpc) is 3.17. The lowest BCUT2D eigenvalue weighted by Gasteiger charge is -2.22. The van der Waals surface area contributed by atoms with Crippen molar-refractivity contribution in [1.29, 1.82) is 0 Å². The number of rotatable bonds is 5. The van der Waals surface area contributed by atoms with Crippen LogP contribution in [-0.2, 0) is 6.42 Å². The summed E-state index contributed by atoms with van der Waals surface area (Å²) in [5, 5.41) is 11.3. The lowest BCUT2D eigenvalue weighted by molar-refractivity contribution is 0.0941. The molecule has 1 saturated heterocycles. The van der Waals surface area contributed by atoms with E-state index in [0.29, 0.717) is 18.2 Å². The molecule has 0 unspecified atom stereocenters. The fourth-order valence-electron chi connectivity index (χ4n) is 3.17. The molecule has 6 heteroatoms. The minimum atomic E-state index is -0.0272. The van der Waals surface area contributed by atoms with Gasteiger partial charge in [-0.15, -0.1) is 10.2 Å². The van der Waals surface area contributed by atoms with Crippen LogP contribution in [0.3, 0.4) is 0 Å². The van der Waals surface area contributed by atoms with Gasteiger partial charge in [0, 0.05) is 25.2 Å². The molecule has 0 spiro atoms. The number of likely N-dealkylation sites (tertiary alicyclic amines) is 1. The molecule has 22 heavy (non-hydrogen) atoms. The van der Waals surface area contributed by atoms with E-state index >= 15 is 0 Å². The van der Waals surface area contributed by atoms with Crippen LogP contribution >= 0.6 is 0 Å². The molecule has 6 nitrogen and oxygen atoms in total. The number of amides is 1. The Balaban J connectivity index is 1.69. The number of aryl methyl sites for hydroxylation is 1. The highest BCUT2D eigenvalue weighted by Gasteiger charge is 2.23. The van der Waals surface area contributed by atoms with Gasteiger partial charge in [0.05, 0.1) is 5.56 Å². The SMILES string of the molecule is CCc1nnc2ccc(C(=O)NC[C@H]3CCCN3CC)cn12. The van der Waals surface area contributed by atoms with Crippen LogP contribution in [-0.4, -0.2) is 51.1 Å². The van der Waals surface area contributed by atoms with Crippen LogP contribution in [0, 0.1) is 0 Å². The smallest absolute Gasteiger partial charge is 0.252 e. The first-order valence-electron chi connectivity index (χ1n) is 8.08. The monoisotopic (exact) mass is 301 g/mol. The first-order valence-corrected chi connectivity index (χ1v) is 8.08. The average molecular weight is 301 g/mol. The highest BCUT2D eigenvalue weighted by atomic mass is 16.1. The molecule has 0 bridgehead atoms. The first kappa shape index (κ1) is 15.0. The Morgan fingerprint density at radius 3 is 3.00 bits per heavy atom. The molecular weight excluding hydrogens is 278 g/mol. The summed E-state index contributed by atoms with van der Waals surface area (Å²) in [6.07, 6.45) is 5.01. The summed E-state index contributed by atoms with van der Waals surface area (Å²) in [5.41, 5.74) is 1.43. The Kier molecular flexibility index (Phi) is 4.38. The molecule has 0 saturated carbocycles. The molecule has 0 aromatic carbocycles. The van der Waals surface area contributed by atoms with E-state index in [1.807, 2.05) is 29.7 Å². The zero-order chi connectivity index (χ0) is 15.5. The van der Waals surface area contributed by atoms with Crippen LogP contribution in [0.5, 0.6) is 0 Å². The molecule has 118 valence electrons. The molecule has 1 N–H and O–H groups in total. The molecular formula is C16H23N5O. The molecule has 3 heterocycles. The van der Waals surface area contributed by atoms with Crippen LogP contribution < -0.4 is 5.32 Å². The van der Waals surface area contributed by atoms with E-state index in [2.05, 4.69) is 27.3 Å². The van der Waals surface area contributed by atoms with E-state index in [0.717, 1.165) is 31.0 Å². The number of pyridine rings is 1. The number of aromatic nitrogens is 3. The summed E-state index contributed by atoms with van der Waals surface area (Å²) in [6.45, 7) is 7.11. The quantitative estimate of drug-likeness (QED) is 0.909. The van der Waals surface area contributed by atoms with E-state index in [-0.39, 0.29) is 5.91 Å². The third-order valence-electron chi connectivity index (χ3n) is 4.45. The largest absolute Gasteiger partial charge is 0.350 e. The van der Waals surface area contributed by atoms with Crippen molar-refractivity contribution in [2.75, 3.05) is 19.6 Å². The normalized spacial score (nSPS) is 18.9. The number of carbonyl (C=O) groups is 1. The summed E-state index contributed by atoms with van der Waals surface area (Å²) < 4.78 is 1.89. The number of hydrogen-bond donors (Lipinski definition) is 1. The molecule has 1 amide bonds. The maximum atomic E-state index is 12.4. The van der Waals surface area contributed by atoms with Crippen molar-refractivity contribution in [2.24, 2.45) is 0 Å². The second kappa shape index (κ2) is 6.44. The van der Waals surface area contributed by atoms with Crippen molar-refractivity contribution >= 4 is 11.6 Å². The molecule has 1 aliphatic heterocycles. The van der Waals surface area contributed by atoms with Gasteiger partial charge in [-0.3, -0.25) is 14.1 Å². The van der Waals surface area contributed by atoms with Gasteiger partial charge in [-0.05, 0) is 38.1 Å². The topological polar surface area (TPSA) is 62.5 Å². The second-order valence-electron chi connectivity index (χ2n) is 5.75. The first-order chi connectivity index (χ1) is 10.7. The lowest BCUT2D eigenvalue weighted by Crippen LogP contribution is -2.40. The van der Waals surface area contributed by atoms with E-state index < -0.39 is 0 Å². The third-order valence-corrected chi connectivity index (χ3v) is 4.45. The van der Waals surface area contributed by atoms with E-state index in [9.17, 15) is 4.79 Å². The summed E-state index contributed by atoms with van der Waals surface area (Å²) in [5.74, 6) is 0.846. The zero-order valence-electron chi connectivity index (χ0n) is 13.2. The molecule has 0 aliphatic carbocycles. The molecule has 0 radical (unpaired) electrons. The Labute approximate surface area is 130 Å². The Hall–Kier alpha value is -1.95. The zero-order valence-corrected chi connectivity index (χ0v) is 13.2. The Bertz CT molecular complexity index is 666. The van der Waals surface area contributed by atoms with Crippen LogP contribution in [0.15, 0.2) is 18.3 Å². The van der Waals surface area contributed by atoms with Crippen molar-refractivity contribution in [3.8, 4) is 0 Å². The van der Waals surface area contributed by atoms with Crippen molar-refractivity contribution in [2.45, 2.75) is 39.2 Å². The van der Waals surface area contributed by atoms with Crippen LogP contribution in [0.2, 0.25) is 0 Å². The van der Waals surface area contributed by atoms with Crippen LogP contribution in [0.1, 0.15) is 42.9 Å². The van der Waals surface area contributed by atoms with Gasteiger partial charge in [-0.2, -0.15) is 0 Å². The van der Waals surface area contributed by atoms with Crippen molar-refractivity contribution < 1.29 is 4.79 Å². The summed E-state index contributed by atoms with van der Waals surface area (Å²) >= 11 is 0. The minimum absolute atomic E-state index is 0.0272. The highest BCUT2D eigenvalue weighted by molar-refractivity contribution is 5.94. The van der Waals surface area contributed by atoms with Gasteiger partial charge in [0.25, 0.3) is 5.91 Å². The third kappa shape index (κ3) is 2.83. The maximum Gasteiger partial charge on any atom is 0.252 e. The number of hydrogen-bond acceptors (Lipinski definition) is 4. The second-order valence-corrected chi connectivity index (χ2v) is 5.75. The number of carbonyl (C=O) groups excluding carboxylic acids is 1. The van der Waals surface area contributed by atoms with Crippen molar-refractivity contribution in [1.82, 2.24) is 24.8 Å². The van der Waals surface area contributed by atoms with Crippen LogP contribution in [0.4, 0.5) is 0 Å². The molecule has 2 aromatic heterocycles. The van der Waals surface area contributed by atoms with E-state index in [4.69, 9.17) is 0 Å². The summed E-state index contributed by atoms with van der Waals surface area (Å²) in [7, 11) is 0. The van der Waals surface area contributed by atoms with Gasteiger partial charge in [0.2, 0.25) is 0 Å².